The normalized spacial score (nSPS) is 24.7. The second-order valence-electron chi connectivity index (χ2n) is 6.48. The minimum atomic E-state index is -0.286. The van der Waals surface area contributed by atoms with E-state index in [0.29, 0.717) is 24.9 Å². The number of rotatable bonds is 10. The second kappa shape index (κ2) is 11.5. The van der Waals surface area contributed by atoms with E-state index in [1.54, 1.807) is 7.11 Å². The zero-order chi connectivity index (χ0) is 19.6. The molecule has 0 bridgehead atoms. The highest BCUT2D eigenvalue weighted by Crippen LogP contribution is 2.29. The fourth-order valence-electron chi connectivity index (χ4n) is 2.93. The Morgan fingerprint density at radius 3 is 2.81 bits per heavy atom. The summed E-state index contributed by atoms with van der Waals surface area (Å²) in [6.07, 6.45) is 10.7. The molecule has 3 atom stereocenters. The fourth-order valence-corrected chi connectivity index (χ4v) is 3.54. The Morgan fingerprint density at radius 1 is 1.30 bits per heavy atom. The zero-order valence-electron chi connectivity index (χ0n) is 15.8. The molecule has 5 nitrogen and oxygen atoms in total. The highest BCUT2D eigenvalue weighted by Gasteiger charge is 2.27. The molecule has 0 spiro atoms. The topological polar surface area (TPSA) is 56.8 Å². The third-order valence-corrected chi connectivity index (χ3v) is 5.14. The van der Waals surface area contributed by atoms with Crippen LogP contribution in [0.25, 0.3) is 0 Å². The van der Waals surface area contributed by atoms with Crippen molar-refractivity contribution in [1.82, 2.24) is 5.32 Å². The number of esters is 1. The average molecular weight is 416 g/mol. The molecule has 2 aliphatic rings. The van der Waals surface area contributed by atoms with Gasteiger partial charge in [0.1, 0.15) is 6.61 Å². The van der Waals surface area contributed by atoms with Gasteiger partial charge in [0.05, 0.1) is 37.7 Å². The lowest BCUT2D eigenvalue weighted by atomic mass is 9.91. The van der Waals surface area contributed by atoms with Gasteiger partial charge in [0.25, 0.3) is 0 Å². The number of halogens is 2. The molecule has 2 rings (SSSR count). The van der Waals surface area contributed by atoms with E-state index in [1.807, 2.05) is 24.3 Å². The van der Waals surface area contributed by atoms with Crippen LogP contribution in [0.5, 0.6) is 0 Å². The summed E-state index contributed by atoms with van der Waals surface area (Å²) in [4.78, 5) is 12.2. The third kappa shape index (κ3) is 7.00. The molecule has 0 aromatic heterocycles. The molecule has 3 unspecified atom stereocenters. The summed E-state index contributed by atoms with van der Waals surface area (Å²) >= 11 is 12.7. The molecule has 0 aromatic carbocycles. The Labute approximate surface area is 171 Å². The summed E-state index contributed by atoms with van der Waals surface area (Å²) in [5.74, 6) is -0.0413. The quantitative estimate of drug-likeness (QED) is 0.335. The summed E-state index contributed by atoms with van der Waals surface area (Å²) < 4.78 is 15.4. The average Bonchev–Trinajstić information content (AvgIpc) is 2.63. The standard InChI is InChI=1S/C20H27Cl2NO4/c1-14-5-3-6-15(13-18(24)27-12-11-26-10-9-25-2)19(14)23-20-16(21)7-4-8-17(20)22/h3-4,6-8,14,16,20,23H,5,9-13H2,1-2H3. The number of allylic oxidation sites excluding steroid dienone is 5. The van der Waals surface area contributed by atoms with Crippen molar-refractivity contribution < 1.29 is 19.0 Å². The Morgan fingerprint density at radius 2 is 2.07 bits per heavy atom. The van der Waals surface area contributed by atoms with Crippen LogP contribution < -0.4 is 5.32 Å². The van der Waals surface area contributed by atoms with Crippen molar-refractivity contribution in [2.24, 2.45) is 5.92 Å². The maximum absolute atomic E-state index is 12.2. The van der Waals surface area contributed by atoms with Crippen molar-refractivity contribution in [2.45, 2.75) is 31.2 Å². The van der Waals surface area contributed by atoms with Crippen LogP contribution in [0.2, 0.25) is 0 Å². The second-order valence-corrected chi connectivity index (χ2v) is 7.42. The minimum Gasteiger partial charge on any atom is -0.463 e. The van der Waals surface area contributed by atoms with E-state index in [2.05, 4.69) is 18.3 Å². The molecule has 7 heteroatoms. The van der Waals surface area contributed by atoms with E-state index in [0.717, 1.165) is 17.7 Å². The first-order valence-electron chi connectivity index (χ1n) is 9.09. The number of hydrogen-bond acceptors (Lipinski definition) is 5. The van der Waals surface area contributed by atoms with Crippen molar-refractivity contribution in [3.8, 4) is 0 Å². The number of carbonyl (C=O) groups is 1. The maximum Gasteiger partial charge on any atom is 0.310 e. The first-order chi connectivity index (χ1) is 13.0. The SMILES string of the molecule is COCCOCCOC(=O)CC1=C(NC2C(Cl)=CC=CC2Cl)C(C)CC=C1. The molecular formula is C20H27Cl2NO4. The number of methoxy groups -OCH3 is 1. The summed E-state index contributed by atoms with van der Waals surface area (Å²) in [6.45, 7) is 3.70. The molecule has 27 heavy (non-hydrogen) atoms. The predicted octanol–water partition coefficient (Wildman–Crippen LogP) is 3.69. The van der Waals surface area contributed by atoms with Crippen molar-refractivity contribution in [3.05, 3.63) is 46.7 Å². The maximum atomic E-state index is 12.2. The van der Waals surface area contributed by atoms with Gasteiger partial charge in [-0.3, -0.25) is 4.79 Å². The molecule has 0 aliphatic heterocycles. The Hall–Kier alpha value is -1.27. The van der Waals surface area contributed by atoms with E-state index >= 15 is 0 Å². The van der Waals surface area contributed by atoms with Crippen LogP contribution >= 0.6 is 23.2 Å². The van der Waals surface area contributed by atoms with Gasteiger partial charge < -0.3 is 19.5 Å². The summed E-state index contributed by atoms with van der Waals surface area (Å²) in [7, 11) is 1.61. The molecular weight excluding hydrogens is 389 g/mol. The van der Waals surface area contributed by atoms with Crippen molar-refractivity contribution in [2.75, 3.05) is 33.5 Å². The van der Waals surface area contributed by atoms with Gasteiger partial charge in [-0.25, -0.2) is 0 Å². The monoisotopic (exact) mass is 415 g/mol. The van der Waals surface area contributed by atoms with Gasteiger partial charge in [-0.05, 0) is 24.0 Å². The molecule has 0 aromatic rings. The molecule has 150 valence electrons. The first-order valence-corrected chi connectivity index (χ1v) is 9.90. The van der Waals surface area contributed by atoms with Crippen molar-refractivity contribution >= 4 is 29.2 Å². The van der Waals surface area contributed by atoms with Crippen LogP contribution in [-0.2, 0) is 19.0 Å². The Balaban J connectivity index is 1.93. The number of nitrogens with one attached hydrogen (secondary N) is 1. The van der Waals surface area contributed by atoms with Gasteiger partial charge in [-0.1, -0.05) is 42.8 Å². The van der Waals surface area contributed by atoms with E-state index in [9.17, 15) is 4.79 Å². The number of alkyl halides is 1. The smallest absolute Gasteiger partial charge is 0.310 e. The van der Waals surface area contributed by atoms with Crippen LogP contribution in [0.3, 0.4) is 0 Å². The van der Waals surface area contributed by atoms with Gasteiger partial charge in [-0.15, -0.1) is 11.6 Å². The molecule has 0 saturated heterocycles. The molecule has 2 aliphatic carbocycles. The lowest BCUT2D eigenvalue weighted by Gasteiger charge is -2.31. The van der Waals surface area contributed by atoms with Crippen LogP contribution in [0.15, 0.2) is 46.7 Å². The number of hydrogen-bond donors (Lipinski definition) is 1. The van der Waals surface area contributed by atoms with E-state index in [-0.39, 0.29) is 36.3 Å². The number of ether oxygens (including phenoxy) is 3. The van der Waals surface area contributed by atoms with Gasteiger partial charge in [-0.2, -0.15) is 0 Å². The van der Waals surface area contributed by atoms with Crippen LogP contribution in [-0.4, -0.2) is 50.9 Å². The lowest BCUT2D eigenvalue weighted by molar-refractivity contribution is -0.144. The summed E-state index contributed by atoms with van der Waals surface area (Å²) in [6, 6.07) is -0.206. The molecule has 0 heterocycles. The molecule has 0 amide bonds. The van der Waals surface area contributed by atoms with Crippen LogP contribution in [0, 0.1) is 5.92 Å². The molecule has 0 radical (unpaired) electrons. The highest BCUT2D eigenvalue weighted by molar-refractivity contribution is 6.32. The van der Waals surface area contributed by atoms with Crippen LogP contribution in [0.4, 0.5) is 0 Å². The summed E-state index contributed by atoms with van der Waals surface area (Å²) in [5, 5.41) is 3.86. The molecule has 0 saturated carbocycles. The third-order valence-electron chi connectivity index (χ3n) is 4.38. The van der Waals surface area contributed by atoms with Gasteiger partial charge in [0.15, 0.2) is 0 Å². The van der Waals surface area contributed by atoms with Gasteiger partial charge in [0.2, 0.25) is 0 Å². The Kier molecular flexibility index (Phi) is 9.42. The minimum absolute atomic E-state index is 0.193. The largest absolute Gasteiger partial charge is 0.463 e. The Bertz CT molecular complexity index is 627. The predicted molar refractivity (Wildman–Crippen MR) is 108 cm³/mol. The van der Waals surface area contributed by atoms with E-state index in [1.165, 1.54) is 0 Å². The van der Waals surface area contributed by atoms with Crippen LogP contribution in [0.1, 0.15) is 19.8 Å². The first kappa shape index (κ1) is 22.0. The van der Waals surface area contributed by atoms with Crippen molar-refractivity contribution in [3.63, 3.8) is 0 Å². The fraction of sp³-hybridized carbons (Fsp3) is 0.550. The van der Waals surface area contributed by atoms with Gasteiger partial charge in [0, 0.05) is 17.8 Å². The summed E-state index contributed by atoms with van der Waals surface area (Å²) in [5.41, 5.74) is 1.89. The molecule has 1 N–H and O–H groups in total. The van der Waals surface area contributed by atoms with E-state index in [4.69, 9.17) is 37.4 Å². The van der Waals surface area contributed by atoms with E-state index < -0.39 is 0 Å². The lowest BCUT2D eigenvalue weighted by Crippen LogP contribution is -2.39. The molecule has 0 fully saturated rings. The highest BCUT2D eigenvalue weighted by atomic mass is 35.5. The number of carbonyl (C=O) groups excluding carboxylic acids is 1. The van der Waals surface area contributed by atoms with Gasteiger partial charge >= 0.3 is 5.97 Å². The van der Waals surface area contributed by atoms with Crippen molar-refractivity contribution in [1.29, 1.82) is 0 Å². The zero-order valence-corrected chi connectivity index (χ0v) is 17.3.